The van der Waals surface area contributed by atoms with Crippen LogP contribution in [0.5, 0.6) is 0 Å². The minimum absolute atomic E-state index is 0.0612. The van der Waals surface area contributed by atoms with E-state index in [4.69, 9.17) is 0 Å². The molecule has 1 aliphatic heterocycles. The first-order valence-electron chi connectivity index (χ1n) is 7.51. The number of aliphatic hydroxyl groups excluding tert-OH is 1. The number of piperidine rings is 1. The number of nitro benzene ring substituents is 1. The lowest BCUT2D eigenvalue weighted by molar-refractivity contribution is -0.384. The van der Waals surface area contributed by atoms with Crippen molar-refractivity contribution in [2.45, 2.75) is 38.8 Å². The van der Waals surface area contributed by atoms with E-state index in [0.717, 1.165) is 19.5 Å². The van der Waals surface area contributed by atoms with Gasteiger partial charge < -0.3 is 10.4 Å². The molecule has 2 rings (SSSR count). The lowest BCUT2D eigenvalue weighted by Crippen LogP contribution is -2.43. The van der Waals surface area contributed by atoms with Gasteiger partial charge in [0.2, 0.25) is 0 Å². The standard InChI is InChI=1S/C15H23N3O3/c1-2-17-8-4-3-5-13(17)10-16-14-9-12(11-19)6-7-15(14)18(20)21/h6-7,9,13,16,19H,2-5,8,10-11H2,1H3. The Balaban J connectivity index is 2.09. The van der Waals surface area contributed by atoms with Crippen LogP contribution < -0.4 is 5.32 Å². The quantitative estimate of drug-likeness (QED) is 0.622. The molecule has 0 radical (unpaired) electrons. The normalized spacial score (nSPS) is 19.4. The first kappa shape index (κ1) is 15.7. The zero-order chi connectivity index (χ0) is 15.2. The predicted octanol–water partition coefficient (Wildman–Crippen LogP) is 2.37. The van der Waals surface area contributed by atoms with Gasteiger partial charge in [-0.2, -0.15) is 0 Å². The van der Waals surface area contributed by atoms with Gasteiger partial charge in [0, 0.05) is 18.7 Å². The summed E-state index contributed by atoms with van der Waals surface area (Å²) in [4.78, 5) is 13.1. The van der Waals surface area contributed by atoms with Crippen molar-refractivity contribution < 1.29 is 10.0 Å². The molecule has 1 heterocycles. The Kier molecular flexibility index (Phi) is 5.52. The number of likely N-dealkylation sites (tertiary alicyclic amines) is 1. The van der Waals surface area contributed by atoms with E-state index >= 15 is 0 Å². The van der Waals surface area contributed by atoms with Crippen LogP contribution in [0.4, 0.5) is 11.4 Å². The molecule has 1 atom stereocenters. The van der Waals surface area contributed by atoms with Gasteiger partial charge in [-0.1, -0.05) is 13.3 Å². The summed E-state index contributed by atoms with van der Waals surface area (Å²) in [6, 6.07) is 5.12. The highest BCUT2D eigenvalue weighted by Crippen LogP contribution is 2.26. The second-order valence-corrected chi connectivity index (χ2v) is 5.43. The Morgan fingerprint density at radius 3 is 2.95 bits per heavy atom. The number of rotatable bonds is 6. The maximum atomic E-state index is 11.1. The van der Waals surface area contributed by atoms with Crippen LogP contribution in [0.25, 0.3) is 0 Å². The highest BCUT2D eigenvalue weighted by molar-refractivity contribution is 5.62. The molecule has 6 heteroatoms. The molecule has 6 nitrogen and oxygen atoms in total. The number of hydrogen-bond donors (Lipinski definition) is 2. The molecule has 1 fully saturated rings. The van der Waals surface area contributed by atoms with Crippen molar-refractivity contribution in [3.63, 3.8) is 0 Å². The monoisotopic (exact) mass is 293 g/mol. The van der Waals surface area contributed by atoms with Gasteiger partial charge in [-0.25, -0.2) is 0 Å². The van der Waals surface area contributed by atoms with Crippen molar-refractivity contribution in [3.05, 3.63) is 33.9 Å². The van der Waals surface area contributed by atoms with Crippen molar-refractivity contribution in [3.8, 4) is 0 Å². The van der Waals surface area contributed by atoms with E-state index in [1.54, 1.807) is 12.1 Å². The van der Waals surface area contributed by atoms with Gasteiger partial charge in [0.05, 0.1) is 11.5 Å². The van der Waals surface area contributed by atoms with Crippen molar-refractivity contribution in [1.29, 1.82) is 0 Å². The molecule has 0 amide bonds. The summed E-state index contributed by atoms with van der Waals surface area (Å²) in [6.07, 6.45) is 3.56. The Morgan fingerprint density at radius 1 is 1.48 bits per heavy atom. The molecule has 0 aliphatic carbocycles. The average Bonchev–Trinajstić information content (AvgIpc) is 2.52. The Bertz CT molecular complexity index is 493. The van der Waals surface area contributed by atoms with Gasteiger partial charge in [0.1, 0.15) is 5.69 Å². The van der Waals surface area contributed by atoms with Gasteiger partial charge in [0.15, 0.2) is 0 Å². The summed E-state index contributed by atoms with van der Waals surface area (Å²) in [5, 5.41) is 23.5. The molecule has 1 unspecified atom stereocenters. The second kappa shape index (κ2) is 7.38. The number of aliphatic hydroxyl groups is 1. The molecule has 0 aromatic heterocycles. The summed E-state index contributed by atoms with van der Waals surface area (Å²) in [5.41, 5.74) is 1.23. The molecular formula is C15H23N3O3. The second-order valence-electron chi connectivity index (χ2n) is 5.43. The van der Waals surface area contributed by atoms with Crippen molar-refractivity contribution in [2.75, 3.05) is 25.0 Å². The topological polar surface area (TPSA) is 78.6 Å². The molecule has 1 aromatic rings. The zero-order valence-electron chi connectivity index (χ0n) is 12.4. The number of nitro groups is 1. The number of likely N-dealkylation sites (N-methyl/N-ethyl adjacent to an activating group) is 1. The van der Waals surface area contributed by atoms with Crippen molar-refractivity contribution in [1.82, 2.24) is 4.90 Å². The average molecular weight is 293 g/mol. The van der Waals surface area contributed by atoms with Crippen LogP contribution >= 0.6 is 0 Å². The van der Waals surface area contributed by atoms with Gasteiger partial charge >= 0.3 is 0 Å². The van der Waals surface area contributed by atoms with E-state index < -0.39 is 0 Å². The number of hydrogen-bond acceptors (Lipinski definition) is 5. The van der Waals surface area contributed by atoms with Gasteiger partial charge in [-0.05, 0) is 43.6 Å². The number of nitrogens with zero attached hydrogens (tertiary/aromatic N) is 2. The Hall–Kier alpha value is -1.66. The Morgan fingerprint density at radius 2 is 2.29 bits per heavy atom. The fraction of sp³-hybridized carbons (Fsp3) is 0.600. The first-order chi connectivity index (χ1) is 10.2. The third-order valence-electron chi connectivity index (χ3n) is 4.12. The third kappa shape index (κ3) is 3.92. The van der Waals surface area contributed by atoms with Crippen LogP contribution in [0, 0.1) is 10.1 Å². The van der Waals surface area contributed by atoms with Crippen molar-refractivity contribution in [2.24, 2.45) is 0 Å². The smallest absolute Gasteiger partial charge is 0.292 e. The molecular weight excluding hydrogens is 270 g/mol. The summed E-state index contributed by atoms with van der Waals surface area (Å²) >= 11 is 0. The SMILES string of the molecule is CCN1CCCCC1CNc1cc(CO)ccc1[N+](=O)[O-]. The molecule has 21 heavy (non-hydrogen) atoms. The van der Waals surface area contributed by atoms with E-state index in [9.17, 15) is 15.2 Å². The maximum absolute atomic E-state index is 11.1. The van der Waals surface area contributed by atoms with E-state index in [0.29, 0.717) is 23.8 Å². The lowest BCUT2D eigenvalue weighted by atomic mass is 10.0. The maximum Gasteiger partial charge on any atom is 0.292 e. The van der Waals surface area contributed by atoms with Crippen LogP contribution in [-0.2, 0) is 6.61 Å². The van der Waals surface area contributed by atoms with Crippen LogP contribution in [0.1, 0.15) is 31.7 Å². The number of anilines is 1. The molecule has 1 aliphatic rings. The zero-order valence-corrected chi connectivity index (χ0v) is 12.4. The van der Waals surface area contributed by atoms with E-state index in [2.05, 4.69) is 17.1 Å². The molecule has 2 N–H and O–H groups in total. The Labute approximate surface area is 124 Å². The minimum Gasteiger partial charge on any atom is -0.392 e. The van der Waals surface area contributed by atoms with Gasteiger partial charge in [-0.3, -0.25) is 15.0 Å². The first-order valence-corrected chi connectivity index (χ1v) is 7.51. The van der Waals surface area contributed by atoms with E-state index in [1.807, 2.05) is 0 Å². The molecule has 1 saturated heterocycles. The van der Waals surface area contributed by atoms with Crippen LogP contribution in [0.2, 0.25) is 0 Å². The summed E-state index contributed by atoms with van der Waals surface area (Å²) in [7, 11) is 0. The molecule has 0 spiro atoms. The van der Waals surface area contributed by atoms with E-state index in [1.165, 1.54) is 18.9 Å². The molecule has 0 bridgehead atoms. The van der Waals surface area contributed by atoms with Crippen LogP contribution in [-0.4, -0.2) is 40.6 Å². The highest BCUT2D eigenvalue weighted by Gasteiger charge is 2.22. The van der Waals surface area contributed by atoms with E-state index in [-0.39, 0.29) is 17.2 Å². The predicted molar refractivity (Wildman–Crippen MR) is 82.4 cm³/mol. The fourth-order valence-corrected chi connectivity index (χ4v) is 2.92. The summed E-state index contributed by atoms with van der Waals surface area (Å²) in [6.45, 7) is 4.83. The lowest BCUT2D eigenvalue weighted by Gasteiger charge is -2.35. The van der Waals surface area contributed by atoms with Crippen LogP contribution in [0.15, 0.2) is 18.2 Å². The molecule has 116 valence electrons. The van der Waals surface area contributed by atoms with Crippen LogP contribution in [0.3, 0.4) is 0 Å². The van der Waals surface area contributed by atoms with Gasteiger partial charge in [0.25, 0.3) is 5.69 Å². The fourth-order valence-electron chi connectivity index (χ4n) is 2.92. The molecule has 1 aromatic carbocycles. The third-order valence-corrected chi connectivity index (χ3v) is 4.12. The minimum atomic E-state index is -0.387. The summed E-state index contributed by atoms with van der Waals surface area (Å²) < 4.78 is 0. The molecule has 0 saturated carbocycles. The largest absolute Gasteiger partial charge is 0.392 e. The number of benzene rings is 1. The van der Waals surface area contributed by atoms with Crippen molar-refractivity contribution >= 4 is 11.4 Å². The van der Waals surface area contributed by atoms with Gasteiger partial charge in [-0.15, -0.1) is 0 Å². The number of nitrogens with one attached hydrogen (secondary N) is 1. The highest BCUT2D eigenvalue weighted by atomic mass is 16.6. The summed E-state index contributed by atoms with van der Waals surface area (Å²) in [5.74, 6) is 0.